The third-order valence-corrected chi connectivity index (χ3v) is 0.787. The van der Waals surface area contributed by atoms with E-state index in [1.165, 1.54) is 17.3 Å². The first-order valence-corrected chi connectivity index (χ1v) is 2.34. The van der Waals surface area contributed by atoms with Gasteiger partial charge in [-0.3, -0.25) is 4.68 Å². The van der Waals surface area contributed by atoms with Crippen molar-refractivity contribution in [1.29, 1.82) is 0 Å². The largest absolute Gasteiger partial charge is 0.251 e. The summed E-state index contributed by atoms with van der Waals surface area (Å²) >= 11 is 0. The topological polar surface area (TPSA) is 50.6 Å². The van der Waals surface area contributed by atoms with E-state index >= 15 is 0 Å². The summed E-state index contributed by atoms with van der Waals surface area (Å²) in [5.74, 6) is 0. The van der Waals surface area contributed by atoms with Crippen LogP contribution in [0.1, 0.15) is 0 Å². The lowest BCUT2D eigenvalue weighted by molar-refractivity contribution is 0.176. The summed E-state index contributed by atoms with van der Waals surface area (Å²) in [4.78, 5) is 3.65. The monoisotopic (exact) mass is 112 g/mol. The van der Waals surface area contributed by atoms with Gasteiger partial charge in [-0.15, -0.1) is 0 Å². The van der Waals surface area contributed by atoms with Crippen molar-refractivity contribution < 1.29 is 5.11 Å². The number of hydrogen-bond acceptors (Lipinski definition) is 2. The summed E-state index contributed by atoms with van der Waals surface area (Å²) in [5, 5.41) is 13.6. The zero-order chi connectivity index (χ0) is 5.82. The van der Waals surface area contributed by atoms with Gasteiger partial charge in [0.1, 0.15) is 19.3 Å². The molecule has 1 aromatic rings. The molecular weight excluding hydrogens is 106 g/mol. The fourth-order valence-electron chi connectivity index (χ4n) is 0.442. The van der Waals surface area contributed by atoms with Crippen molar-refractivity contribution in [2.45, 2.75) is 6.54 Å². The van der Waals surface area contributed by atoms with Crippen LogP contribution in [0.25, 0.3) is 0 Å². The van der Waals surface area contributed by atoms with Crippen molar-refractivity contribution in [3.8, 4) is 0 Å². The molecule has 4 heteroatoms. The van der Waals surface area contributed by atoms with Crippen LogP contribution >= 0.6 is 0 Å². The van der Waals surface area contributed by atoms with Gasteiger partial charge in [-0.2, -0.15) is 5.10 Å². The number of hydrogen-bond donors (Lipinski definition) is 0. The lowest BCUT2D eigenvalue weighted by Crippen LogP contribution is -2.00. The second-order valence-corrected chi connectivity index (χ2v) is 1.36. The van der Waals surface area contributed by atoms with Crippen LogP contribution in [-0.4, -0.2) is 21.4 Å². The second kappa shape index (κ2) is 2.42. The molecule has 0 spiro atoms. The Kier molecular flexibility index (Phi) is 1.58. The van der Waals surface area contributed by atoms with Gasteiger partial charge in [-0.1, -0.05) is 0 Å². The molecule has 0 saturated heterocycles. The first kappa shape index (κ1) is 5.24. The molecule has 0 aliphatic heterocycles. The molecule has 0 atom stereocenters. The molecule has 0 N–H and O–H groups in total. The third-order valence-electron chi connectivity index (χ3n) is 0.787. The second-order valence-electron chi connectivity index (χ2n) is 1.36. The SMILES string of the molecule is [O]CCn1cncn1. The average Bonchev–Trinajstić information content (AvgIpc) is 2.19. The van der Waals surface area contributed by atoms with Crippen molar-refractivity contribution >= 4 is 0 Å². The van der Waals surface area contributed by atoms with Gasteiger partial charge in [0, 0.05) is 0 Å². The van der Waals surface area contributed by atoms with E-state index < -0.39 is 0 Å². The molecule has 0 unspecified atom stereocenters. The highest BCUT2D eigenvalue weighted by Crippen LogP contribution is 1.76. The van der Waals surface area contributed by atoms with Gasteiger partial charge in [0.2, 0.25) is 0 Å². The summed E-state index contributed by atoms with van der Waals surface area (Å²) in [7, 11) is 0. The van der Waals surface area contributed by atoms with Crippen LogP contribution in [0.3, 0.4) is 0 Å². The highest BCUT2D eigenvalue weighted by Gasteiger charge is 1.85. The zero-order valence-electron chi connectivity index (χ0n) is 4.32. The van der Waals surface area contributed by atoms with E-state index in [0.29, 0.717) is 6.54 Å². The van der Waals surface area contributed by atoms with Crippen molar-refractivity contribution in [2.75, 3.05) is 6.61 Å². The molecular formula is C4H6N3O. The predicted octanol–water partition coefficient (Wildman–Crippen LogP) is -0.291. The van der Waals surface area contributed by atoms with Gasteiger partial charge in [0.15, 0.2) is 0 Å². The number of rotatable bonds is 2. The Bertz CT molecular complexity index is 137. The Morgan fingerprint density at radius 2 is 2.50 bits per heavy atom. The summed E-state index contributed by atoms with van der Waals surface area (Å²) < 4.78 is 1.51. The van der Waals surface area contributed by atoms with Crippen LogP contribution in [0.5, 0.6) is 0 Å². The molecule has 1 aromatic heterocycles. The van der Waals surface area contributed by atoms with Crippen LogP contribution in [0.4, 0.5) is 0 Å². The molecule has 8 heavy (non-hydrogen) atoms. The quantitative estimate of drug-likeness (QED) is 0.527. The van der Waals surface area contributed by atoms with Gasteiger partial charge in [-0.25, -0.2) is 10.1 Å². The third kappa shape index (κ3) is 1.04. The molecule has 0 bridgehead atoms. The van der Waals surface area contributed by atoms with E-state index in [1.54, 1.807) is 0 Å². The molecule has 0 aromatic carbocycles. The van der Waals surface area contributed by atoms with E-state index in [2.05, 4.69) is 10.1 Å². The smallest absolute Gasteiger partial charge is 0.137 e. The van der Waals surface area contributed by atoms with Crippen LogP contribution in [0, 0.1) is 0 Å². The minimum absolute atomic E-state index is 0.136. The van der Waals surface area contributed by atoms with Gasteiger partial charge in [0.05, 0.1) is 6.54 Å². The first-order valence-electron chi connectivity index (χ1n) is 2.34. The average molecular weight is 112 g/mol. The molecule has 0 fully saturated rings. The Balaban J connectivity index is 2.50. The van der Waals surface area contributed by atoms with Crippen molar-refractivity contribution in [1.82, 2.24) is 14.8 Å². The number of aromatic nitrogens is 3. The van der Waals surface area contributed by atoms with Gasteiger partial charge in [-0.05, 0) is 0 Å². The van der Waals surface area contributed by atoms with Crippen LogP contribution in [-0.2, 0) is 11.7 Å². The predicted molar refractivity (Wildman–Crippen MR) is 25.6 cm³/mol. The van der Waals surface area contributed by atoms with Crippen molar-refractivity contribution in [3.63, 3.8) is 0 Å². The molecule has 0 amide bonds. The highest BCUT2D eigenvalue weighted by molar-refractivity contribution is 4.54. The Hall–Kier alpha value is -0.900. The minimum atomic E-state index is -0.136. The van der Waals surface area contributed by atoms with Crippen LogP contribution in [0.15, 0.2) is 12.7 Å². The normalized spacial score (nSPS) is 9.62. The maximum atomic E-state index is 9.91. The summed E-state index contributed by atoms with van der Waals surface area (Å²) in [6.45, 7) is 0.281. The summed E-state index contributed by atoms with van der Waals surface area (Å²) in [6.07, 6.45) is 2.94. The molecule has 0 saturated carbocycles. The minimum Gasteiger partial charge on any atom is -0.251 e. The van der Waals surface area contributed by atoms with E-state index in [4.69, 9.17) is 0 Å². The Labute approximate surface area is 46.8 Å². The highest BCUT2D eigenvalue weighted by atomic mass is 16.3. The summed E-state index contributed by atoms with van der Waals surface area (Å²) in [6, 6.07) is 0. The van der Waals surface area contributed by atoms with Crippen LogP contribution < -0.4 is 0 Å². The standard InChI is InChI=1S/C4H6N3O/c8-2-1-7-4-5-3-6-7/h3-4H,1-2H2. The molecule has 1 radical (unpaired) electrons. The Morgan fingerprint density at radius 1 is 1.62 bits per heavy atom. The lowest BCUT2D eigenvalue weighted by atomic mass is 10.7. The first-order chi connectivity index (χ1) is 3.93. The molecule has 43 valence electrons. The molecule has 1 rings (SSSR count). The van der Waals surface area contributed by atoms with E-state index in [1.807, 2.05) is 0 Å². The van der Waals surface area contributed by atoms with Crippen LogP contribution in [0.2, 0.25) is 0 Å². The van der Waals surface area contributed by atoms with Crippen molar-refractivity contribution in [2.24, 2.45) is 0 Å². The molecule has 1 heterocycles. The van der Waals surface area contributed by atoms with E-state index in [-0.39, 0.29) is 6.61 Å². The molecule has 0 aliphatic rings. The maximum absolute atomic E-state index is 9.91. The fourth-order valence-corrected chi connectivity index (χ4v) is 0.442. The van der Waals surface area contributed by atoms with Gasteiger partial charge in [0.25, 0.3) is 0 Å². The number of nitrogens with zero attached hydrogens (tertiary/aromatic N) is 3. The van der Waals surface area contributed by atoms with E-state index in [0.717, 1.165) is 0 Å². The van der Waals surface area contributed by atoms with Gasteiger partial charge < -0.3 is 0 Å². The zero-order valence-corrected chi connectivity index (χ0v) is 4.32. The lowest BCUT2D eigenvalue weighted by Gasteiger charge is -1.89. The van der Waals surface area contributed by atoms with Gasteiger partial charge >= 0.3 is 0 Å². The summed E-state index contributed by atoms with van der Waals surface area (Å²) in [5.41, 5.74) is 0. The van der Waals surface area contributed by atoms with Crippen molar-refractivity contribution in [3.05, 3.63) is 12.7 Å². The maximum Gasteiger partial charge on any atom is 0.137 e. The molecule has 0 aliphatic carbocycles. The van der Waals surface area contributed by atoms with E-state index in [9.17, 15) is 5.11 Å². The molecule has 4 nitrogen and oxygen atoms in total. The Morgan fingerprint density at radius 3 is 3.00 bits per heavy atom. The fraction of sp³-hybridized carbons (Fsp3) is 0.500.